The molecule has 262 valence electrons. The van der Waals surface area contributed by atoms with Crippen LogP contribution in [0.25, 0.3) is 50.7 Å². The molecule has 0 aliphatic carbocycles. The van der Waals surface area contributed by atoms with Gasteiger partial charge in [0.15, 0.2) is 5.58 Å². The predicted octanol–water partition coefficient (Wildman–Crippen LogP) is 8.34. The second-order valence-corrected chi connectivity index (χ2v) is 13.2. The van der Waals surface area contributed by atoms with Gasteiger partial charge in [-0.1, -0.05) is 55.0 Å². The Balaban J connectivity index is 1.28. The lowest BCUT2D eigenvalue weighted by molar-refractivity contribution is -0.144. The van der Waals surface area contributed by atoms with Crippen LogP contribution in [0.2, 0.25) is 0 Å². The number of carboxylic acids is 1. The highest BCUT2D eigenvalue weighted by Crippen LogP contribution is 2.38. The smallest absolute Gasteiger partial charge is 0.320 e. The van der Waals surface area contributed by atoms with Crippen molar-refractivity contribution in [2.75, 3.05) is 26.8 Å². The number of aryl methyl sites for hydroxylation is 1. The molecule has 1 aliphatic heterocycles. The van der Waals surface area contributed by atoms with E-state index in [2.05, 4.69) is 78.3 Å². The molecule has 0 spiro atoms. The van der Waals surface area contributed by atoms with Gasteiger partial charge in [0.25, 0.3) is 0 Å². The summed E-state index contributed by atoms with van der Waals surface area (Å²) in [5, 5.41) is 22.0. The second-order valence-electron chi connectivity index (χ2n) is 13.2. The number of nitrogens with one attached hydrogen (secondary N) is 1. The van der Waals surface area contributed by atoms with Gasteiger partial charge in [0.2, 0.25) is 11.6 Å². The van der Waals surface area contributed by atoms with Gasteiger partial charge < -0.3 is 24.7 Å². The van der Waals surface area contributed by atoms with E-state index in [0.29, 0.717) is 48.7 Å². The number of fused-ring (bicyclic) bond motifs is 1. The molecule has 1 fully saturated rings. The van der Waals surface area contributed by atoms with Gasteiger partial charge in [-0.15, -0.1) is 0 Å². The van der Waals surface area contributed by atoms with Crippen molar-refractivity contribution in [3.63, 3.8) is 0 Å². The number of nitrogens with zero attached hydrogens (tertiary/aromatic N) is 3. The van der Waals surface area contributed by atoms with Crippen molar-refractivity contribution in [1.82, 2.24) is 15.2 Å². The molecule has 0 saturated carbocycles. The first-order valence-electron chi connectivity index (χ1n) is 17.4. The van der Waals surface area contributed by atoms with Crippen molar-refractivity contribution < 1.29 is 24.2 Å². The Kier molecular flexibility index (Phi) is 11.0. The van der Waals surface area contributed by atoms with Crippen LogP contribution >= 0.6 is 0 Å². The summed E-state index contributed by atoms with van der Waals surface area (Å²) in [7, 11) is 1.66. The van der Waals surface area contributed by atoms with E-state index in [1.54, 1.807) is 13.2 Å². The summed E-state index contributed by atoms with van der Waals surface area (Å²) in [6.45, 7) is 16.3. The number of hydrogen-bond donors (Lipinski definition) is 3. The molecule has 0 radical (unpaired) electrons. The molecule has 9 nitrogen and oxygen atoms in total. The summed E-state index contributed by atoms with van der Waals surface area (Å²) >= 11 is 0. The Hall–Kier alpha value is -5.27. The molecule has 6 rings (SSSR count). The molecule has 5 aromatic rings. The number of methoxy groups -OCH3 is 1. The van der Waals surface area contributed by atoms with Crippen molar-refractivity contribution in [3.05, 3.63) is 111 Å². The predicted molar refractivity (Wildman–Crippen MR) is 202 cm³/mol. The fraction of sp³-hybridized carbons (Fsp3) is 0.310. The Morgan fingerprint density at radius 3 is 2.53 bits per heavy atom. The summed E-state index contributed by atoms with van der Waals surface area (Å²) in [5.74, 6) is 0.462. The van der Waals surface area contributed by atoms with Gasteiger partial charge >= 0.3 is 5.97 Å². The molecule has 1 saturated heterocycles. The summed E-state index contributed by atoms with van der Waals surface area (Å²) in [6.07, 6.45) is 6.85. The van der Waals surface area contributed by atoms with Crippen LogP contribution in [0, 0.1) is 27.3 Å². The number of piperidine rings is 1. The van der Waals surface area contributed by atoms with Gasteiger partial charge in [-0.2, -0.15) is 0 Å². The van der Waals surface area contributed by atoms with Gasteiger partial charge in [0.1, 0.15) is 11.8 Å². The van der Waals surface area contributed by atoms with E-state index in [1.165, 1.54) is 0 Å². The molecule has 9 heteroatoms. The molecular weight excluding hydrogens is 640 g/mol. The number of carbonyl (C=O) groups is 1. The topological polar surface area (TPSA) is 112 Å². The van der Waals surface area contributed by atoms with Crippen LogP contribution in [0.15, 0.2) is 65.1 Å². The van der Waals surface area contributed by atoms with Crippen LogP contribution in [0.3, 0.4) is 0 Å². The number of likely N-dealkylation sites (tertiary alicyclic amines) is 1. The summed E-state index contributed by atoms with van der Waals surface area (Å²) in [4.78, 5) is 22.5. The minimum Gasteiger partial charge on any atom is -0.496 e. The number of ether oxygens (including phenoxy) is 1. The van der Waals surface area contributed by atoms with Gasteiger partial charge in [0.05, 0.1) is 25.8 Å². The quantitative estimate of drug-likeness (QED) is 0.0683. The first kappa shape index (κ1) is 35.6. The lowest BCUT2D eigenvalue weighted by atomic mass is 9.91. The average molecular weight is 685 g/mol. The molecule has 0 unspecified atom stereocenters. The van der Waals surface area contributed by atoms with Gasteiger partial charge in [0, 0.05) is 30.8 Å². The fourth-order valence-corrected chi connectivity index (χ4v) is 7.08. The number of aliphatic hydroxyl groups is 1. The average Bonchev–Trinajstić information content (AvgIpc) is 3.56. The van der Waals surface area contributed by atoms with Crippen molar-refractivity contribution in [2.24, 2.45) is 0 Å². The second kappa shape index (κ2) is 15.7. The monoisotopic (exact) mass is 684 g/mol. The molecular formula is C42H44N4O5. The fourth-order valence-electron chi connectivity index (χ4n) is 7.08. The summed E-state index contributed by atoms with van der Waals surface area (Å²) < 4.78 is 12.0. The Bertz CT molecular complexity index is 2140. The Morgan fingerprint density at radius 1 is 1.04 bits per heavy atom. The van der Waals surface area contributed by atoms with Crippen molar-refractivity contribution in [2.45, 2.75) is 59.2 Å². The van der Waals surface area contributed by atoms with Gasteiger partial charge in [-0.3, -0.25) is 9.69 Å². The zero-order chi connectivity index (χ0) is 36.1. The highest BCUT2D eigenvalue weighted by atomic mass is 16.5. The van der Waals surface area contributed by atoms with Crippen LogP contribution in [-0.2, 0) is 17.9 Å². The summed E-state index contributed by atoms with van der Waals surface area (Å²) in [5.41, 5.74) is 11.8. The molecule has 2 heterocycles. The van der Waals surface area contributed by atoms with E-state index in [0.717, 1.165) is 80.8 Å². The molecule has 0 amide bonds. The van der Waals surface area contributed by atoms with Crippen molar-refractivity contribution in [3.8, 4) is 28.3 Å². The number of carboxylic acid groups (broad SMARTS) is 1. The lowest BCUT2D eigenvalue weighted by Gasteiger charge is -2.33. The molecule has 4 aromatic carbocycles. The number of benzene rings is 4. The first-order valence-corrected chi connectivity index (χ1v) is 17.4. The minimum absolute atomic E-state index is 0.0428. The molecule has 3 N–H and O–H groups in total. The van der Waals surface area contributed by atoms with E-state index in [-0.39, 0.29) is 6.61 Å². The number of oxazole rings is 1. The van der Waals surface area contributed by atoms with Crippen LogP contribution in [0.4, 0.5) is 5.69 Å². The van der Waals surface area contributed by atoms with Crippen molar-refractivity contribution in [1.29, 1.82) is 0 Å². The summed E-state index contributed by atoms with van der Waals surface area (Å²) in [6, 6.07) is 19.8. The maximum Gasteiger partial charge on any atom is 0.320 e. The number of aromatic nitrogens is 1. The van der Waals surface area contributed by atoms with Crippen molar-refractivity contribution >= 4 is 34.9 Å². The highest BCUT2D eigenvalue weighted by molar-refractivity contribution is 5.90. The number of hydrogen-bond acceptors (Lipinski definition) is 7. The lowest BCUT2D eigenvalue weighted by Crippen LogP contribution is -2.44. The number of aliphatic carboxylic acids is 1. The minimum atomic E-state index is -0.760. The first-order chi connectivity index (χ1) is 24.7. The van der Waals surface area contributed by atoms with E-state index in [9.17, 15) is 9.90 Å². The standard InChI is InChI=1S/C42H44N4O5/c1-26-20-32(25-46-18-7-6-14-38(46)42(48)49)39(50-5)23-31(26)16-15-30-10-8-11-33(27(30)2)34-12-9-13-35(28(34)3)41-45-37-22-29(24-44-17-19-47)21-36(43-4)40(37)51-41/h8-13,15-16,20-23,38,44,47H,6-7,14,17-19,24-25H2,1-3,5H3,(H,48,49)/b16-15+/t38-/m0/s1. The van der Waals surface area contributed by atoms with Gasteiger partial charge in [-0.25, -0.2) is 9.83 Å². The van der Waals surface area contributed by atoms with E-state index in [1.807, 2.05) is 24.3 Å². The van der Waals surface area contributed by atoms with Crippen LogP contribution in [-0.4, -0.2) is 58.9 Å². The van der Waals surface area contributed by atoms with E-state index in [4.69, 9.17) is 25.8 Å². The maximum atomic E-state index is 11.9. The molecule has 1 aromatic heterocycles. The molecule has 1 aliphatic rings. The van der Waals surface area contributed by atoms with E-state index < -0.39 is 12.0 Å². The maximum absolute atomic E-state index is 11.9. The van der Waals surface area contributed by atoms with Crippen LogP contribution in [0.5, 0.6) is 5.75 Å². The highest BCUT2D eigenvalue weighted by Gasteiger charge is 2.29. The number of rotatable bonds is 12. The third-order valence-electron chi connectivity index (χ3n) is 9.88. The Morgan fingerprint density at radius 2 is 1.78 bits per heavy atom. The third-order valence-corrected chi connectivity index (χ3v) is 9.88. The zero-order valence-corrected chi connectivity index (χ0v) is 29.6. The SMILES string of the molecule is [C-]#[N+]c1cc(CNCCO)cc2nc(-c3cccc(-c4cccc(/C=C/c5cc(OC)c(CN6CCCC[C@H]6C(=O)O)cc5C)c4C)c3C)oc12. The normalized spacial score (nSPS) is 15.0. The van der Waals surface area contributed by atoms with Gasteiger partial charge in [-0.05, 0) is 109 Å². The largest absolute Gasteiger partial charge is 0.496 e. The molecule has 0 bridgehead atoms. The van der Waals surface area contributed by atoms with Crippen LogP contribution < -0.4 is 10.1 Å². The Labute approximate surface area is 299 Å². The molecule has 51 heavy (non-hydrogen) atoms. The third kappa shape index (κ3) is 7.59. The van der Waals surface area contributed by atoms with E-state index >= 15 is 0 Å². The molecule has 1 atom stereocenters. The zero-order valence-electron chi connectivity index (χ0n) is 29.6. The number of aliphatic hydroxyl groups excluding tert-OH is 1. The van der Waals surface area contributed by atoms with Crippen LogP contribution in [0.1, 0.15) is 58.2 Å².